The van der Waals surface area contributed by atoms with Gasteiger partial charge in [0, 0.05) is 29.8 Å². The molecule has 0 aliphatic carbocycles. The molecule has 1 aliphatic rings. The van der Waals surface area contributed by atoms with E-state index in [-0.39, 0.29) is 11.3 Å². The number of thiazole rings is 1. The normalized spacial score (nSPS) is 17.0. The summed E-state index contributed by atoms with van der Waals surface area (Å²) in [6.07, 6.45) is 3.50. The Morgan fingerprint density at radius 2 is 2.09 bits per heavy atom. The van der Waals surface area contributed by atoms with E-state index >= 15 is 0 Å². The van der Waals surface area contributed by atoms with E-state index in [2.05, 4.69) is 26.2 Å². The Balaban J connectivity index is 1.62. The molecule has 2 aromatic heterocycles. The molecule has 0 radical (unpaired) electrons. The molecule has 3 rings (SSSR count). The van der Waals surface area contributed by atoms with Gasteiger partial charge in [0.1, 0.15) is 0 Å². The summed E-state index contributed by atoms with van der Waals surface area (Å²) in [5.74, 6) is 0.905. The molecule has 1 saturated heterocycles. The second-order valence-corrected chi connectivity index (χ2v) is 7.75. The van der Waals surface area contributed by atoms with Gasteiger partial charge in [-0.3, -0.25) is 4.79 Å². The summed E-state index contributed by atoms with van der Waals surface area (Å²) in [6.45, 7) is 8.12. The Hall–Kier alpha value is -1.62. The number of hydrogen-bond acceptors (Lipinski definition) is 4. The van der Waals surface area contributed by atoms with Crippen LogP contribution in [0.3, 0.4) is 0 Å². The molecular weight excluding hydrogens is 296 g/mol. The van der Waals surface area contributed by atoms with E-state index in [9.17, 15) is 4.79 Å². The van der Waals surface area contributed by atoms with E-state index in [1.807, 2.05) is 4.90 Å². The van der Waals surface area contributed by atoms with Gasteiger partial charge in [0.25, 0.3) is 5.91 Å². The molecule has 3 heterocycles. The van der Waals surface area contributed by atoms with Crippen molar-refractivity contribution < 1.29 is 9.21 Å². The van der Waals surface area contributed by atoms with Crippen molar-refractivity contribution >= 4 is 17.2 Å². The minimum absolute atomic E-state index is 0.00188. The number of aromatic nitrogens is 1. The molecule has 118 valence electrons. The van der Waals surface area contributed by atoms with Gasteiger partial charge in [-0.1, -0.05) is 20.8 Å². The topological polar surface area (TPSA) is 46.3 Å². The lowest BCUT2D eigenvalue weighted by atomic mass is 9.93. The fourth-order valence-electron chi connectivity index (χ4n) is 2.71. The van der Waals surface area contributed by atoms with Crippen molar-refractivity contribution in [2.45, 2.75) is 44.9 Å². The molecule has 5 heteroatoms. The number of rotatable bonds is 2. The van der Waals surface area contributed by atoms with Crippen LogP contribution in [0.25, 0.3) is 0 Å². The Morgan fingerprint density at radius 1 is 1.36 bits per heavy atom. The van der Waals surface area contributed by atoms with Crippen LogP contribution in [0.4, 0.5) is 0 Å². The first-order valence-electron chi connectivity index (χ1n) is 7.74. The fourth-order valence-corrected chi connectivity index (χ4v) is 3.92. The summed E-state index contributed by atoms with van der Waals surface area (Å²) >= 11 is 1.76. The highest BCUT2D eigenvalue weighted by molar-refractivity contribution is 7.09. The number of piperidine rings is 1. The number of furan rings is 1. The summed E-state index contributed by atoms with van der Waals surface area (Å²) in [7, 11) is 0. The summed E-state index contributed by atoms with van der Waals surface area (Å²) in [4.78, 5) is 19.0. The predicted molar refractivity (Wildman–Crippen MR) is 87.4 cm³/mol. The maximum absolute atomic E-state index is 12.3. The Morgan fingerprint density at radius 3 is 2.64 bits per heavy atom. The molecule has 1 aliphatic heterocycles. The summed E-state index contributed by atoms with van der Waals surface area (Å²) in [5, 5.41) is 3.39. The first kappa shape index (κ1) is 15.3. The maximum Gasteiger partial charge on any atom is 0.289 e. The first-order valence-corrected chi connectivity index (χ1v) is 8.62. The minimum atomic E-state index is -0.00188. The van der Waals surface area contributed by atoms with E-state index < -0.39 is 0 Å². The van der Waals surface area contributed by atoms with Gasteiger partial charge in [-0.25, -0.2) is 4.98 Å². The molecule has 0 aromatic carbocycles. The molecule has 2 aromatic rings. The van der Waals surface area contributed by atoms with Crippen molar-refractivity contribution in [1.82, 2.24) is 9.88 Å². The van der Waals surface area contributed by atoms with Crippen molar-refractivity contribution in [1.29, 1.82) is 0 Å². The number of amides is 1. The van der Waals surface area contributed by atoms with Crippen LogP contribution in [-0.4, -0.2) is 28.9 Å². The highest BCUT2D eigenvalue weighted by atomic mass is 32.1. The van der Waals surface area contributed by atoms with Gasteiger partial charge in [-0.2, -0.15) is 0 Å². The summed E-state index contributed by atoms with van der Waals surface area (Å²) < 4.78 is 5.20. The number of carbonyl (C=O) groups excluding carboxylic acids is 1. The second-order valence-electron chi connectivity index (χ2n) is 6.86. The summed E-state index contributed by atoms with van der Waals surface area (Å²) in [6, 6.07) is 3.48. The van der Waals surface area contributed by atoms with E-state index in [1.54, 1.807) is 29.7 Å². The molecule has 0 N–H and O–H groups in total. The van der Waals surface area contributed by atoms with Crippen molar-refractivity contribution in [2.75, 3.05) is 13.1 Å². The van der Waals surface area contributed by atoms with Crippen LogP contribution in [0, 0.1) is 0 Å². The number of hydrogen-bond donors (Lipinski definition) is 0. The van der Waals surface area contributed by atoms with E-state index in [4.69, 9.17) is 9.40 Å². The number of likely N-dealkylation sites (tertiary alicyclic amines) is 1. The van der Waals surface area contributed by atoms with Gasteiger partial charge < -0.3 is 9.32 Å². The molecular formula is C17H22N2O2S. The lowest BCUT2D eigenvalue weighted by Gasteiger charge is -2.30. The Bertz CT molecular complexity index is 632. The Kier molecular flexibility index (Phi) is 4.08. The number of carbonyl (C=O) groups is 1. The SMILES string of the molecule is CC(C)(C)c1csc(C2CCN(C(=O)c3ccco3)CC2)n1. The average Bonchev–Trinajstić information content (AvgIpc) is 3.17. The van der Waals surface area contributed by atoms with Gasteiger partial charge in [0.05, 0.1) is 17.0 Å². The van der Waals surface area contributed by atoms with Crippen LogP contribution in [0.2, 0.25) is 0 Å². The summed E-state index contributed by atoms with van der Waals surface area (Å²) in [5.41, 5.74) is 1.27. The maximum atomic E-state index is 12.3. The zero-order chi connectivity index (χ0) is 15.7. The molecule has 4 nitrogen and oxygen atoms in total. The van der Waals surface area contributed by atoms with E-state index in [0.717, 1.165) is 25.9 Å². The van der Waals surface area contributed by atoms with Gasteiger partial charge in [-0.05, 0) is 25.0 Å². The highest BCUT2D eigenvalue weighted by Crippen LogP contribution is 2.33. The third-order valence-electron chi connectivity index (χ3n) is 4.15. The van der Waals surface area contributed by atoms with Crippen molar-refractivity contribution in [3.05, 3.63) is 40.2 Å². The molecule has 0 unspecified atom stereocenters. The van der Waals surface area contributed by atoms with Crippen LogP contribution in [0.5, 0.6) is 0 Å². The first-order chi connectivity index (χ1) is 10.4. The van der Waals surface area contributed by atoms with Gasteiger partial charge in [-0.15, -0.1) is 11.3 Å². The lowest BCUT2D eigenvalue weighted by Crippen LogP contribution is -2.37. The largest absolute Gasteiger partial charge is 0.459 e. The molecule has 0 spiro atoms. The zero-order valence-corrected chi connectivity index (χ0v) is 14.2. The van der Waals surface area contributed by atoms with E-state index in [0.29, 0.717) is 11.7 Å². The van der Waals surface area contributed by atoms with Gasteiger partial charge in [0.15, 0.2) is 5.76 Å². The molecule has 0 atom stereocenters. The third kappa shape index (κ3) is 3.09. The molecule has 0 saturated carbocycles. The van der Waals surface area contributed by atoms with Crippen LogP contribution in [0.15, 0.2) is 28.2 Å². The standard InChI is InChI=1S/C17H22N2O2S/c1-17(2,3)14-11-22-15(18-14)12-6-8-19(9-7-12)16(20)13-5-4-10-21-13/h4-5,10-12H,6-9H2,1-3H3. The molecule has 1 fully saturated rings. The monoisotopic (exact) mass is 318 g/mol. The second kappa shape index (κ2) is 5.88. The third-order valence-corrected chi connectivity index (χ3v) is 5.16. The molecule has 22 heavy (non-hydrogen) atoms. The average molecular weight is 318 g/mol. The molecule has 1 amide bonds. The van der Waals surface area contributed by atoms with Crippen LogP contribution in [0.1, 0.15) is 60.8 Å². The fraction of sp³-hybridized carbons (Fsp3) is 0.529. The van der Waals surface area contributed by atoms with E-state index in [1.165, 1.54) is 10.7 Å². The van der Waals surface area contributed by atoms with Gasteiger partial charge in [0.2, 0.25) is 0 Å². The minimum Gasteiger partial charge on any atom is -0.459 e. The highest BCUT2D eigenvalue weighted by Gasteiger charge is 2.28. The van der Waals surface area contributed by atoms with Crippen molar-refractivity contribution in [3.8, 4) is 0 Å². The van der Waals surface area contributed by atoms with Crippen LogP contribution >= 0.6 is 11.3 Å². The van der Waals surface area contributed by atoms with Gasteiger partial charge >= 0.3 is 0 Å². The number of nitrogens with zero attached hydrogens (tertiary/aromatic N) is 2. The van der Waals surface area contributed by atoms with Crippen molar-refractivity contribution in [3.63, 3.8) is 0 Å². The quantitative estimate of drug-likeness (QED) is 0.839. The molecule has 0 bridgehead atoms. The predicted octanol–water partition coefficient (Wildman–Crippen LogP) is 4.05. The smallest absolute Gasteiger partial charge is 0.289 e. The van der Waals surface area contributed by atoms with Crippen molar-refractivity contribution in [2.24, 2.45) is 0 Å². The van der Waals surface area contributed by atoms with Crippen LogP contribution < -0.4 is 0 Å². The zero-order valence-electron chi connectivity index (χ0n) is 13.3. The Labute approximate surface area is 135 Å². The lowest BCUT2D eigenvalue weighted by molar-refractivity contribution is 0.0680. The van der Waals surface area contributed by atoms with Crippen LogP contribution in [-0.2, 0) is 5.41 Å².